The summed E-state index contributed by atoms with van der Waals surface area (Å²) >= 11 is 0. The number of para-hydroxylation sites is 1. The normalized spacial score (nSPS) is 16.4. The molecule has 1 saturated heterocycles. The molecule has 0 aliphatic carbocycles. The Hall–Kier alpha value is -2.33. The molecule has 1 aliphatic heterocycles. The smallest absolute Gasteiger partial charge is 0.239 e. The molecule has 3 rings (SSSR count). The van der Waals surface area contributed by atoms with Gasteiger partial charge in [-0.1, -0.05) is 48.5 Å². The van der Waals surface area contributed by atoms with Crippen LogP contribution in [0.15, 0.2) is 60.7 Å². The Kier molecular flexibility index (Phi) is 6.07. The number of benzene rings is 2. The van der Waals surface area contributed by atoms with E-state index in [2.05, 4.69) is 0 Å². The fourth-order valence-electron chi connectivity index (χ4n) is 3.24. The number of hydrogen-bond donors (Lipinski definition) is 1. The summed E-state index contributed by atoms with van der Waals surface area (Å²) in [5.41, 5.74) is 7.24. The first-order valence-corrected chi connectivity index (χ1v) is 8.98. The van der Waals surface area contributed by atoms with Gasteiger partial charge in [0.1, 0.15) is 5.75 Å². The molecule has 4 nitrogen and oxygen atoms in total. The van der Waals surface area contributed by atoms with Crippen LogP contribution in [-0.2, 0) is 11.2 Å². The minimum absolute atomic E-state index is 0.0614. The first-order valence-electron chi connectivity index (χ1n) is 8.98. The molecule has 1 heterocycles. The van der Waals surface area contributed by atoms with Crippen LogP contribution >= 0.6 is 0 Å². The van der Waals surface area contributed by atoms with Crippen LogP contribution in [0.25, 0.3) is 0 Å². The van der Waals surface area contributed by atoms with Crippen molar-refractivity contribution in [2.75, 3.05) is 19.7 Å². The molecule has 0 bridgehead atoms. The Morgan fingerprint density at radius 3 is 2.28 bits per heavy atom. The number of nitrogens with zero attached hydrogens (tertiary/aromatic N) is 1. The number of piperidine rings is 1. The number of likely N-dealkylation sites (tertiary alicyclic amines) is 1. The maximum atomic E-state index is 12.6. The zero-order chi connectivity index (χ0) is 17.5. The van der Waals surface area contributed by atoms with Crippen molar-refractivity contribution in [1.82, 2.24) is 4.90 Å². The lowest BCUT2D eigenvalue weighted by Gasteiger charge is -2.33. The average Bonchev–Trinajstić information content (AvgIpc) is 2.68. The van der Waals surface area contributed by atoms with Crippen LogP contribution in [0, 0.1) is 5.92 Å². The lowest BCUT2D eigenvalue weighted by molar-refractivity contribution is -0.134. The van der Waals surface area contributed by atoms with Crippen LogP contribution in [0.5, 0.6) is 5.75 Å². The van der Waals surface area contributed by atoms with Crippen molar-refractivity contribution in [2.45, 2.75) is 25.3 Å². The summed E-state index contributed by atoms with van der Waals surface area (Å²) in [6, 6.07) is 19.4. The summed E-state index contributed by atoms with van der Waals surface area (Å²) in [6.45, 7) is 2.25. The summed E-state index contributed by atoms with van der Waals surface area (Å²) in [4.78, 5) is 14.5. The zero-order valence-corrected chi connectivity index (χ0v) is 14.5. The van der Waals surface area contributed by atoms with Crippen LogP contribution in [0.1, 0.15) is 18.4 Å². The molecular weight excluding hydrogens is 312 g/mol. The van der Waals surface area contributed by atoms with Crippen LogP contribution in [-0.4, -0.2) is 36.5 Å². The molecule has 2 aromatic carbocycles. The average molecular weight is 338 g/mol. The molecule has 0 unspecified atom stereocenters. The van der Waals surface area contributed by atoms with E-state index in [9.17, 15) is 4.79 Å². The second kappa shape index (κ2) is 8.67. The molecule has 25 heavy (non-hydrogen) atoms. The third-order valence-electron chi connectivity index (χ3n) is 4.77. The number of nitrogens with two attached hydrogens (primary N) is 1. The molecular formula is C21H26N2O2. The van der Waals surface area contributed by atoms with Crippen molar-refractivity contribution in [3.05, 3.63) is 66.2 Å². The first kappa shape index (κ1) is 17.5. The predicted molar refractivity (Wildman–Crippen MR) is 99.4 cm³/mol. The largest absolute Gasteiger partial charge is 0.493 e. The molecule has 0 saturated carbocycles. The highest BCUT2D eigenvalue weighted by Gasteiger charge is 2.26. The Morgan fingerprint density at radius 1 is 1.04 bits per heavy atom. The second-order valence-electron chi connectivity index (χ2n) is 6.69. The van der Waals surface area contributed by atoms with Gasteiger partial charge in [0.25, 0.3) is 0 Å². The van der Waals surface area contributed by atoms with Crippen molar-refractivity contribution >= 4 is 5.91 Å². The van der Waals surface area contributed by atoms with Gasteiger partial charge in [0.2, 0.25) is 5.91 Å². The van der Waals surface area contributed by atoms with Gasteiger partial charge in [-0.05, 0) is 42.9 Å². The zero-order valence-electron chi connectivity index (χ0n) is 14.5. The maximum Gasteiger partial charge on any atom is 0.239 e. The third-order valence-corrected chi connectivity index (χ3v) is 4.77. The van der Waals surface area contributed by atoms with Gasteiger partial charge in [0.05, 0.1) is 12.6 Å². The number of hydrogen-bond acceptors (Lipinski definition) is 3. The quantitative estimate of drug-likeness (QED) is 0.881. The van der Waals surface area contributed by atoms with Gasteiger partial charge in [-0.2, -0.15) is 0 Å². The summed E-state index contributed by atoms with van der Waals surface area (Å²) in [5.74, 6) is 1.46. The standard InChI is InChI=1S/C21H26N2O2/c22-20(15-17-7-3-1-4-8-17)21(24)23-13-11-18(12-14-23)16-25-19-9-5-2-6-10-19/h1-10,18,20H,11-16,22H2/t20-/m0/s1. The van der Waals surface area contributed by atoms with E-state index in [4.69, 9.17) is 10.5 Å². The van der Waals surface area contributed by atoms with Crippen molar-refractivity contribution < 1.29 is 9.53 Å². The van der Waals surface area contributed by atoms with Gasteiger partial charge in [-0.15, -0.1) is 0 Å². The summed E-state index contributed by atoms with van der Waals surface area (Å²) in [6.07, 6.45) is 2.53. The monoisotopic (exact) mass is 338 g/mol. The van der Waals surface area contributed by atoms with E-state index in [1.165, 1.54) is 0 Å². The van der Waals surface area contributed by atoms with E-state index in [0.29, 0.717) is 18.9 Å². The molecule has 1 amide bonds. The molecule has 0 radical (unpaired) electrons. The number of carbonyl (C=O) groups excluding carboxylic acids is 1. The van der Waals surface area contributed by atoms with Crippen LogP contribution < -0.4 is 10.5 Å². The van der Waals surface area contributed by atoms with Crippen molar-refractivity contribution in [1.29, 1.82) is 0 Å². The van der Waals surface area contributed by atoms with Crippen molar-refractivity contribution in [3.8, 4) is 5.75 Å². The SMILES string of the molecule is N[C@@H](Cc1ccccc1)C(=O)N1CCC(COc2ccccc2)CC1. The van der Waals surface area contributed by atoms with Gasteiger partial charge in [0.15, 0.2) is 0 Å². The van der Waals surface area contributed by atoms with E-state index in [-0.39, 0.29) is 5.91 Å². The lowest BCUT2D eigenvalue weighted by Crippen LogP contribution is -2.48. The first-order chi connectivity index (χ1) is 12.2. The molecule has 1 fully saturated rings. The summed E-state index contributed by atoms with van der Waals surface area (Å²) in [7, 11) is 0. The highest BCUT2D eigenvalue weighted by molar-refractivity contribution is 5.82. The maximum absolute atomic E-state index is 12.6. The molecule has 4 heteroatoms. The van der Waals surface area contributed by atoms with E-state index in [1.807, 2.05) is 65.6 Å². The summed E-state index contributed by atoms with van der Waals surface area (Å²) in [5, 5.41) is 0. The van der Waals surface area contributed by atoms with Crippen LogP contribution in [0.2, 0.25) is 0 Å². The fourth-order valence-corrected chi connectivity index (χ4v) is 3.24. The predicted octanol–water partition coefficient (Wildman–Crippen LogP) is 2.87. The van der Waals surface area contributed by atoms with Crippen molar-refractivity contribution in [2.24, 2.45) is 11.7 Å². The molecule has 1 aliphatic rings. The van der Waals surface area contributed by atoms with Crippen LogP contribution in [0.3, 0.4) is 0 Å². The van der Waals surface area contributed by atoms with Gasteiger partial charge in [-0.25, -0.2) is 0 Å². The number of carbonyl (C=O) groups is 1. The lowest BCUT2D eigenvalue weighted by atomic mass is 9.96. The van der Waals surface area contributed by atoms with Crippen molar-refractivity contribution in [3.63, 3.8) is 0 Å². The minimum Gasteiger partial charge on any atom is -0.493 e. The van der Waals surface area contributed by atoms with Crippen LogP contribution in [0.4, 0.5) is 0 Å². The third kappa shape index (κ3) is 5.07. The highest BCUT2D eigenvalue weighted by Crippen LogP contribution is 2.20. The molecule has 2 N–H and O–H groups in total. The van der Waals surface area contributed by atoms with Gasteiger partial charge in [0, 0.05) is 13.1 Å². The second-order valence-corrected chi connectivity index (χ2v) is 6.69. The molecule has 0 aromatic heterocycles. The van der Waals surface area contributed by atoms with Gasteiger partial charge < -0.3 is 15.4 Å². The van der Waals surface area contributed by atoms with Gasteiger partial charge >= 0.3 is 0 Å². The molecule has 132 valence electrons. The topological polar surface area (TPSA) is 55.6 Å². The Morgan fingerprint density at radius 2 is 1.64 bits per heavy atom. The Labute approximate surface area is 149 Å². The number of rotatable bonds is 6. The van der Waals surface area contributed by atoms with E-state index < -0.39 is 6.04 Å². The fraction of sp³-hybridized carbons (Fsp3) is 0.381. The van der Waals surface area contributed by atoms with E-state index in [1.54, 1.807) is 0 Å². The molecule has 0 spiro atoms. The number of amides is 1. The highest BCUT2D eigenvalue weighted by atomic mass is 16.5. The Balaban J connectivity index is 1.42. The Bertz CT molecular complexity index is 652. The summed E-state index contributed by atoms with van der Waals surface area (Å²) < 4.78 is 5.84. The van der Waals surface area contributed by atoms with Gasteiger partial charge in [-0.3, -0.25) is 4.79 Å². The van der Waals surface area contributed by atoms with E-state index in [0.717, 1.165) is 37.2 Å². The molecule has 2 aromatic rings. The molecule has 1 atom stereocenters. The number of ether oxygens (including phenoxy) is 1. The van der Waals surface area contributed by atoms with E-state index >= 15 is 0 Å². The minimum atomic E-state index is -0.459.